The topological polar surface area (TPSA) is 70.1 Å². The molecule has 0 aliphatic carbocycles. The number of halogens is 1. The fourth-order valence-corrected chi connectivity index (χ4v) is 4.45. The molecule has 1 amide bonds. The van der Waals surface area contributed by atoms with Crippen LogP contribution in [-0.2, 0) is 9.59 Å². The molecule has 0 aromatic heterocycles. The SMILES string of the molecule is Cc1ccc(OCCN2CCC3(CC2)C(C(=O)O)CC(=O)N3C)c(Cl)c1. The lowest BCUT2D eigenvalue weighted by molar-refractivity contribution is -0.146. The molecule has 2 saturated heterocycles. The minimum absolute atomic E-state index is 0.0665. The van der Waals surface area contributed by atoms with Crippen molar-refractivity contribution in [3.8, 4) is 5.75 Å². The zero-order valence-electron chi connectivity index (χ0n) is 15.2. The summed E-state index contributed by atoms with van der Waals surface area (Å²) in [4.78, 5) is 27.6. The Labute approximate surface area is 158 Å². The standard InChI is InChI=1S/C19H25ClN2O4/c1-13-3-4-16(15(20)11-13)26-10-9-22-7-5-19(6-8-22)14(18(24)25)12-17(23)21(19)2/h3-4,11,14H,5-10,12H2,1-2H3,(H,24,25). The van der Waals surface area contributed by atoms with Gasteiger partial charge in [0.1, 0.15) is 12.4 Å². The molecule has 3 rings (SSSR count). The van der Waals surface area contributed by atoms with E-state index in [2.05, 4.69) is 4.90 Å². The van der Waals surface area contributed by atoms with E-state index in [1.807, 2.05) is 25.1 Å². The van der Waals surface area contributed by atoms with Crippen molar-refractivity contribution >= 4 is 23.5 Å². The van der Waals surface area contributed by atoms with Crippen molar-refractivity contribution in [2.45, 2.75) is 31.7 Å². The van der Waals surface area contributed by atoms with Crippen LogP contribution in [0, 0.1) is 12.8 Å². The van der Waals surface area contributed by atoms with Crippen LogP contribution in [-0.4, -0.2) is 65.6 Å². The zero-order chi connectivity index (χ0) is 18.9. The lowest BCUT2D eigenvalue weighted by atomic mass is 9.77. The maximum Gasteiger partial charge on any atom is 0.309 e. The summed E-state index contributed by atoms with van der Waals surface area (Å²) in [5, 5.41) is 10.1. The first-order valence-electron chi connectivity index (χ1n) is 8.94. The molecule has 7 heteroatoms. The van der Waals surface area contributed by atoms with Gasteiger partial charge in [0.2, 0.25) is 5.91 Å². The Morgan fingerprint density at radius 2 is 2.08 bits per heavy atom. The van der Waals surface area contributed by atoms with E-state index in [4.69, 9.17) is 16.3 Å². The molecule has 26 heavy (non-hydrogen) atoms. The third kappa shape index (κ3) is 3.53. The van der Waals surface area contributed by atoms with Crippen LogP contribution in [0.2, 0.25) is 5.02 Å². The molecule has 1 atom stereocenters. The second-order valence-electron chi connectivity index (χ2n) is 7.28. The van der Waals surface area contributed by atoms with Crippen molar-refractivity contribution in [3.05, 3.63) is 28.8 Å². The number of carbonyl (C=O) groups is 2. The van der Waals surface area contributed by atoms with E-state index < -0.39 is 17.4 Å². The number of piperidine rings is 1. The average molecular weight is 381 g/mol. The Balaban J connectivity index is 1.53. The number of carbonyl (C=O) groups excluding carboxylic acids is 1. The smallest absolute Gasteiger partial charge is 0.309 e. The van der Waals surface area contributed by atoms with Crippen LogP contribution in [0.5, 0.6) is 5.75 Å². The molecule has 0 radical (unpaired) electrons. The molecule has 1 N–H and O–H groups in total. The van der Waals surface area contributed by atoms with Gasteiger partial charge >= 0.3 is 5.97 Å². The number of nitrogens with zero attached hydrogens (tertiary/aromatic N) is 2. The summed E-state index contributed by atoms with van der Waals surface area (Å²) in [5.41, 5.74) is 0.549. The van der Waals surface area contributed by atoms with Crippen molar-refractivity contribution in [1.82, 2.24) is 9.80 Å². The predicted molar refractivity (Wildman–Crippen MR) is 98.6 cm³/mol. The van der Waals surface area contributed by atoms with Crippen molar-refractivity contribution in [2.24, 2.45) is 5.92 Å². The van der Waals surface area contributed by atoms with Crippen LogP contribution < -0.4 is 4.74 Å². The first-order valence-corrected chi connectivity index (χ1v) is 9.32. The molecule has 0 saturated carbocycles. The molecule has 2 heterocycles. The van der Waals surface area contributed by atoms with Gasteiger partial charge in [0.05, 0.1) is 16.5 Å². The third-order valence-electron chi connectivity index (χ3n) is 5.84. The largest absolute Gasteiger partial charge is 0.491 e. The highest BCUT2D eigenvalue weighted by atomic mass is 35.5. The van der Waals surface area contributed by atoms with E-state index in [0.717, 1.165) is 25.2 Å². The molecule has 1 unspecified atom stereocenters. The molecule has 1 aromatic carbocycles. The number of carboxylic acid groups (broad SMARTS) is 1. The summed E-state index contributed by atoms with van der Waals surface area (Å²) in [6.07, 6.45) is 1.47. The van der Waals surface area contributed by atoms with Gasteiger partial charge in [-0.3, -0.25) is 14.5 Å². The summed E-state index contributed by atoms with van der Waals surface area (Å²) in [5.74, 6) is -0.862. The van der Waals surface area contributed by atoms with Gasteiger partial charge in [0.25, 0.3) is 0 Å². The monoisotopic (exact) mass is 380 g/mol. The van der Waals surface area contributed by atoms with Gasteiger partial charge in [0, 0.05) is 33.1 Å². The first kappa shape index (κ1) is 19.0. The fraction of sp³-hybridized carbons (Fsp3) is 0.579. The number of aryl methyl sites for hydroxylation is 1. The second kappa shape index (κ2) is 7.45. The Morgan fingerprint density at radius 3 is 2.69 bits per heavy atom. The zero-order valence-corrected chi connectivity index (χ0v) is 16.0. The van der Waals surface area contributed by atoms with Gasteiger partial charge in [-0.05, 0) is 37.5 Å². The van der Waals surface area contributed by atoms with E-state index in [9.17, 15) is 14.7 Å². The van der Waals surface area contributed by atoms with Crippen molar-refractivity contribution in [1.29, 1.82) is 0 Å². The highest BCUT2D eigenvalue weighted by molar-refractivity contribution is 6.32. The summed E-state index contributed by atoms with van der Waals surface area (Å²) in [6.45, 7) is 4.76. The number of ether oxygens (including phenoxy) is 1. The lowest BCUT2D eigenvalue weighted by Crippen LogP contribution is -2.56. The molecule has 1 aromatic rings. The molecule has 2 aliphatic heterocycles. The highest BCUT2D eigenvalue weighted by Gasteiger charge is 2.55. The average Bonchev–Trinajstić information content (AvgIpc) is 2.84. The Morgan fingerprint density at radius 1 is 1.38 bits per heavy atom. The number of carboxylic acids is 1. The van der Waals surface area contributed by atoms with E-state index in [1.165, 1.54) is 0 Å². The van der Waals surface area contributed by atoms with Gasteiger partial charge in [-0.15, -0.1) is 0 Å². The Hall–Kier alpha value is -1.79. The summed E-state index contributed by atoms with van der Waals surface area (Å²) in [6, 6.07) is 5.71. The Bertz CT molecular complexity index is 701. The minimum Gasteiger partial charge on any atom is -0.491 e. The minimum atomic E-state index is -0.867. The quantitative estimate of drug-likeness (QED) is 0.849. The highest BCUT2D eigenvalue weighted by Crippen LogP contribution is 2.42. The summed E-state index contributed by atoms with van der Waals surface area (Å²) >= 11 is 6.18. The van der Waals surface area contributed by atoms with E-state index in [-0.39, 0.29) is 12.3 Å². The normalized spacial score (nSPS) is 22.8. The van der Waals surface area contributed by atoms with Crippen LogP contribution in [0.1, 0.15) is 24.8 Å². The number of rotatable bonds is 5. The Kier molecular flexibility index (Phi) is 5.44. The van der Waals surface area contributed by atoms with E-state index in [0.29, 0.717) is 30.2 Å². The molecule has 2 fully saturated rings. The summed E-state index contributed by atoms with van der Waals surface area (Å²) < 4.78 is 5.78. The lowest BCUT2D eigenvalue weighted by Gasteiger charge is -2.45. The maximum absolute atomic E-state index is 12.0. The molecular weight excluding hydrogens is 356 g/mol. The fourth-order valence-electron chi connectivity index (χ4n) is 4.16. The first-order chi connectivity index (χ1) is 12.3. The molecule has 6 nitrogen and oxygen atoms in total. The van der Waals surface area contributed by atoms with Crippen LogP contribution in [0.4, 0.5) is 0 Å². The molecule has 1 spiro atoms. The van der Waals surface area contributed by atoms with Gasteiger partial charge in [-0.25, -0.2) is 0 Å². The van der Waals surface area contributed by atoms with Crippen LogP contribution in [0.25, 0.3) is 0 Å². The van der Waals surface area contributed by atoms with Crippen molar-refractivity contribution in [2.75, 3.05) is 33.3 Å². The number of benzene rings is 1. The molecule has 0 bridgehead atoms. The van der Waals surface area contributed by atoms with Crippen LogP contribution >= 0.6 is 11.6 Å². The van der Waals surface area contributed by atoms with Gasteiger partial charge < -0.3 is 14.7 Å². The van der Waals surface area contributed by atoms with Crippen molar-refractivity contribution in [3.63, 3.8) is 0 Å². The number of hydrogen-bond acceptors (Lipinski definition) is 4. The van der Waals surface area contributed by atoms with Crippen LogP contribution in [0.15, 0.2) is 18.2 Å². The van der Waals surface area contributed by atoms with Gasteiger partial charge in [0.15, 0.2) is 0 Å². The summed E-state index contributed by atoms with van der Waals surface area (Å²) in [7, 11) is 1.74. The number of amides is 1. The van der Waals surface area contributed by atoms with Gasteiger partial charge in [-0.2, -0.15) is 0 Å². The van der Waals surface area contributed by atoms with Gasteiger partial charge in [-0.1, -0.05) is 17.7 Å². The van der Waals surface area contributed by atoms with E-state index >= 15 is 0 Å². The number of aliphatic carboxylic acids is 1. The molecule has 142 valence electrons. The molecule has 2 aliphatic rings. The molecular formula is C19H25ClN2O4. The number of hydrogen-bond donors (Lipinski definition) is 1. The van der Waals surface area contributed by atoms with E-state index in [1.54, 1.807) is 11.9 Å². The second-order valence-corrected chi connectivity index (χ2v) is 7.68. The van der Waals surface area contributed by atoms with Crippen molar-refractivity contribution < 1.29 is 19.4 Å². The maximum atomic E-state index is 12.0. The predicted octanol–water partition coefficient (Wildman–Crippen LogP) is 2.42. The third-order valence-corrected chi connectivity index (χ3v) is 6.14. The van der Waals surface area contributed by atoms with Crippen LogP contribution in [0.3, 0.4) is 0 Å². The number of likely N-dealkylation sites (tertiary alicyclic amines) is 2.